The van der Waals surface area contributed by atoms with Gasteiger partial charge < -0.3 is 10.1 Å². The van der Waals surface area contributed by atoms with Crippen molar-refractivity contribution in [2.45, 2.75) is 19.6 Å². The van der Waals surface area contributed by atoms with Gasteiger partial charge in [0.2, 0.25) is 5.88 Å². The molecule has 3 rings (SSSR count). The number of rotatable bonds is 6. The van der Waals surface area contributed by atoms with Crippen molar-refractivity contribution in [1.82, 2.24) is 20.1 Å². The first kappa shape index (κ1) is 15.7. The maximum atomic E-state index is 12.1. The largest absolute Gasteiger partial charge is 0.463 e. The summed E-state index contributed by atoms with van der Waals surface area (Å²) >= 11 is 0. The molecule has 1 aromatic carbocycles. The van der Waals surface area contributed by atoms with Crippen molar-refractivity contribution in [3.8, 4) is 11.6 Å². The van der Waals surface area contributed by atoms with Crippen molar-refractivity contribution >= 4 is 5.91 Å². The van der Waals surface area contributed by atoms with E-state index in [2.05, 4.69) is 15.4 Å². The quantitative estimate of drug-likeness (QED) is 0.756. The van der Waals surface area contributed by atoms with E-state index in [9.17, 15) is 4.79 Å². The molecule has 1 amide bonds. The van der Waals surface area contributed by atoms with Gasteiger partial charge in [0.05, 0.1) is 5.69 Å². The highest BCUT2D eigenvalue weighted by atomic mass is 16.5. The van der Waals surface area contributed by atoms with Gasteiger partial charge in [-0.05, 0) is 30.7 Å². The fraction of sp³-hybridized carbons (Fsp3) is 0.167. The van der Waals surface area contributed by atoms with Crippen LogP contribution < -0.4 is 10.1 Å². The molecule has 0 saturated carbocycles. The minimum atomic E-state index is -0.638. The molecule has 0 bridgehead atoms. The SMILES string of the molecule is CC(Oc1ccn(-c2ccccc2)n1)C(=O)NCc1cccnc1. The summed E-state index contributed by atoms with van der Waals surface area (Å²) in [4.78, 5) is 16.1. The van der Waals surface area contributed by atoms with Gasteiger partial charge >= 0.3 is 0 Å². The van der Waals surface area contributed by atoms with Crippen LogP contribution in [0, 0.1) is 0 Å². The minimum absolute atomic E-state index is 0.201. The Morgan fingerprint density at radius 3 is 2.79 bits per heavy atom. The molecule has 0 fully saturated rings. The molecule has 1 unspecified atom stereocenters. The van der Waals surface area contributed by atoms with Gasteiger partial charge in [0.25, 0.3) is 5.91 Å². The summed E-state index contributed by atoms with van der Waals surface area (Å²) in [7, 11) is 0. The zero-order chi connectivity index (χ0) is 16.8. The summed E-state index contributed by atoms with van der Waals surface area (Å²) in [6.07, 6.45) is 4.57. The normalized spacial score (nSPS) is 11.7. The van der Waals surface area contributed by atoms with Crippen molar-refractivity contribution in [2.24, 2.45) is 0 Å². The Morgan fingerprint density at radius 1 is 1.21 bits per heavy atom. The van der Waals surface area contributed by atoms with E-state index in [4.69, 9.17) is 4.74 Å². The Labute approximate surface area is 140 Å². The third kappa shape index (κ3) is 3.98. The highest BCUT2D eigenvalue weighted by Gasteiger charge is 2.15. The molecule has 0 aliphatic rings. The van der Waals surface area contributed by atoms with Crippen molar-refractivity contribution in [1.29, 1.82) is 0 Å². The number of amides is 1. The molecule has 0 spiro atoms. The minimum Gasteiger partial charge on any atom is -0.463 e. The van der Waals surface area contributed by atoms with E-state index in [1.165, 1.54) is 0 Å². The van der Waals surface area contributed by atoms with Crippen molar-refractivity contribution in [3.63, 3.8) is 0 Å². The fourth-order valence-corrected chi connectivity index (χ4v) is 2.16. The van der Waals surface area contributed by atoms with Crippen LogP contribution in [0.5, 0.6) is 5.88 Å². The molecule has 24 heavy (non-hydrogen) atoms. The number of pyridine rings is 1. The second-order valence-corrected chi connectivity index (χ2v) is 5.27. The average molecular weight is 322 g/mol. The first-order valence-corrected chi connectivity index (χ1v) is 7.67. The van der Waals surface area contributed by atoms with Crippen LogP contribution in [0.3, 0.4) is 0 Å². The second-order valence-electron chi connectivity index (χ2n) is 5.27. The molecule has 122 valence electrons. The van der Waals surface area contributed by atoms with Gasteiger partial charge in [-0.3, -0.25) is 9.78 Å². The van der Waals surface area contributed by atoms with Crippen molar-refractivity contribution < 1.29 is 9.53 Å². The molecule has 1 atom stereocenters. The monoisotopic (exact) mass is 322 g/mol. The molecule has 0 aliphatic heterocycles. The number of carbonyl (C=O) groups is 1. The lowest BCUT2D eigenvalue weighted by Gasteiger charge is -2.12. The van der Waals surface area contributed by atoms with Crippen LogP contribution >= 0.6 is 0 Å². The van der Waals surface area contributed by atoms with E-state index in [1.807, 2.05) is 42.5 Å². The van der Waals surface area contributed by atoms with Gasteiger partial charge in [-0.25, -0.2) is 4.68 Å². The van der Waals surface area contributed by atoms with Crippen LogP contribution in [0.1, 0.15) is 12.5 Å². The van der Waals surface area contributed by atoms with E-state index in [-0.39, 0.29) is 5.91 Å². The van der Waals surface area contributed by atoms with Gasteiger partial charge in [-0.2, -0.15) is 0 Å². The number of carbonyl (C=O) groups excluding carboxylic acids is 1. The first-order valence-electron chi connectivity index (χ1n) is 7.67. The topological polar surface area (TPSA) is 69.0 Å². The lowest BCUT2D eigenvalue weighted by atomic mass is 10.3. The first-order chi connectivity index (χ1) is 11.7. The molecular formula is C18H18N4O2. The molecule has 3 aromatic rings. The Balaban J connectivity index is 1.55. The average Bonchev–Trinajstić information content (AvgIpc) is 3.10. The maximum absolute atomic E-state index is 12.1. The zero-order valence-corrected chi connectivity index (χ0v) is 13.3. The highest BCUT2D eigenvalue weighted by molar-refractivity contribution is 5.80. The molecule has 0 saturated heterocycles. The molecule has 2 aromatic heterocycles. The molecule has 6 heteroatoms. The third-order valence-electron chi connectivity index (χ3n) is 3.44. The fourth-order valence-electron chi connectivity index (χ4n) is 2.16. The molecule has 0 radical (unpaired) electrons. The predicted octanol–water partition coefficient (Wildman–Crippen LogP) is 2.35. The maximum Gasteiger partial charge on any atom is 0.261 e. The number of aromatic nitrogens is 3. The zero-order valence-electron chi connectivity index (χ0n) is 13.3. The van der Waals surface area contributed by atoms with Crippen LogP contribution in [0.4, 0.5) is 0 Å². The van der Waals surface area contributed by atoms with Crippen LogP contribution in [0.15, 0.2) is 67.1 Å². The molecule has 1 N–H and O–H groups in total. The lowest BCUT2D eigenvalue weighted by molar-refractivity contribution is -0.127. The summed E-state index contributed by atoms with van der Waals surface area (Å²) < 4.78 is 7.31. The number of ether oxygens (including phenoxy) is 1. The Hall–Kier alpha value is -3.15. The van der Waals surface area contributed by atoms with Crippen LogP contribution in [0.25, 0.3) is 5.69 Å². The number of hydrogen-bond donors (Lipinski definition) is 1. The number of hydrogen-bond acceptors (Lipinski definition) is 4. The second kappa shape index (κ2) is 7.41. The summed E-state index contributed by atoms with van der Waals surface area (Å²) in [5, 5.41) is 7.14. The van der Waals surface area contributed by atoms with Gasteiger partial charge in [-0.15, -0.1) is 5.10 Å². The summed E-state index contributed by atoms with van der Waals surface area (Å²) in [6.45, 7) is 2.11. The molecular weight excluding hydrogens is 304 g/mol. The highest BCUT2D eigenvalue weighted by Crippen LogP contribution is 2.13. The predicted molar refractivity (Wildman–Crippen MR) is 89.7 cm³/mol. The number of nitrogens with one attached hydrogen (secondary N) is 1. The van der Waals surface area contributed by atoms with E-state index in [1.54, 1.807) is 36.3 Å². The smallest absolute Gasteiger partial charge is 0.261 e. The van der Waals surface area contributed by atoms with Crippen LogP contribution in [-0.4, -0.2) is 26.8 Å². The van der Waals surface area contributed by atoms with Gasteiger partial charge in [0.15, 0.2) is 6.10 Å². The molecule has 6 nitrogen and oxygen atoms in total. The van der Waals surface area contributed by atoms with E-state index in [0.29, 0.717) is 12.4 Å². The summed E-state index contributed by atoms with van der Waals surface area (Å²) in [5.74, 6) is 0.205. The number of nitrogens with zero attached hydrogens (tertiary/aromatic N) is 3. The molecule has 2 heterocycles. The lowest BCUT2D eigenvalue weighted by Crippen LogP contribution is -2.36. The number of para-hydroxylation sites is 1. The van der Waals surface area contributed by atoms with Crippen LogP contribution in [-0.2, 0) is 11.3 Å². The van der Waals surface area contributed by atoms with E-state index >= 15 is 0 Å². The Kier molecular flexibility index (Phi) is 4.86. The van der Waals surface area contributed by atoms with E-state index in [0.717, 1.165) is 11.3 Å². The van der Waals surface area contributed by atoms with Gasteiger partial charge in [0, 0.05) is 31.2 Å². The van der Waals surface area contributed by atoms with Crippen molar-refractivity contribution in [3.05, 3.63) is 72.7 Å². The third-order valence-corrected chi connectivity index (χ3v) is 3.44. The van der Waals surface area contributed by atoms with Gasteiger partial charge in [0.1, 0.15) is 0 Å². The van der Waals surface area contributed by atoms with Gasteiger partial charge in [-0.1, -0.05) is 24.3 Å². The Morgan fingerprint density at radius 2 is 2.04 bits per heavy atom. The van der Waals surface area contributed by atoms with Crippen molar-refractivity contribution in [2.75, 3.05) is 0 Å². The standard InChI is InChI=1S/C18H18N4O2/c1-14(18(23)20-13-15-6-5-10-19-12-15)24-17-9-11-22(21-17)16-7-3-2-4-8-16/h2-12,14H,13H2,1H3,(H,20,23). The summed E-state index contributed by atoms with van der Waals surface area (Å²) in [6, 6.07) is 15.2. The van der Waals surface area contributed by atoms with Crippen LogP contribution in [0.2, 0.25) is 0 Å². The Bertz CT molecular complexity index is 787. The number of benzene rings is 1. The summed E-state index contributed by atoms with van der Waals surface area (Å²) in [5.41, 5.74) is 1.87. The van der Waals surface area contributed by atoms with E-state index < -0.39 is 6.10 Å². The molecule has 0 aliphatic carbocycles.